The van der Waals surface area contributed by atoms with Gasteiger partial charge in [0.2, 0.25) is 0 Å². The van der Waals surface area contributed by atoms with Gasteiger partial charge < -0.3 is 9.88 Å². The summed E-state index contributed by atoms with van der Waals surface area (Å²) in [6.45, 7) is 1.41. The number of pyridine rings is 1. The molecule has 1 N–H and O–H groups in total. The highest BCUT2D eigenvalue weighted by atomic mass is 127. The van der Waals surface area contributed by atoms with Crippen molar-refractivity contribution in [3.8, 4) is 0 Å². The Kier molecular flexibility index (Phi) is 4.21. The van der Waals surface area contributed by atoms with Gasteiger partial charge in [0.1, 0.15) is 12.1 Å². The van der Waals surface area contributed by atoms with Crippen LogP contribution in [-0.2, 0) is 13.0 Å². The molecule has 1 aromatic carbocycles. The van der Waals surface area contributed by atoms with E-state index in [1.165, 1.54) is 4.90 Å². The van der Waals surface area contributed by atoms with Gasteiger partial charge in [0, 0.05) is 40.7 Å². The molecule has 122 valence electrons. The van der Waals surface area contributed by atoms with Crippen molar-refractivity contribution in [2.24, 2.45) is 0 Å². The summed E-state index contributed by atoms with van der Waals surface area (Å²) in [4.78, 5) is 28.0. The fourth-order valence-electron chi connectivity index (χ4n) is 3.07. The lowest BCUT2D eigenvalue weighted by Crippen LogP contribution is -2.36. The Bertz CT molecular complexity index is 988. The Labute approximate surface area is 157 Å². The molecule has 24 heavy (non-hydrogen) atoms. The van der Waals surface area contributed by atoms with Gasteiger partial charge in [-0.25, -0.2) is 9.97 Å². The maximum absolute atomic E-state index is 12.5. The summed E-state index contributed by atoms with van der Waals surface area (Å²) in [6.07, 6.45) is 6.27. The van der Waals surface area contributed by atoms with Crippen molar-refractivity contribution in [2.75, 3.05) is 17.7 Å². The van der Waals surface area contributed by atoms with Gasteiger partial charge in [-0.15, -0.1) is 11.8 Å². The van der Waals surface area contributed by atoms with Crippen LogP contribution in [-0.4, -0.2) is 27.8 Å². The second-order valence-corrected chi connectivity index (χ2v) is 7.72. The van der Waals surface area contributed by atoms with Crippen LogP contribution in [0.15, 0.2) is 40.4 Å². The first kappa shape index (κ1) is 15.9. The molecule has 0 unspecified atom stereocenters. The highest BCUT2D eigenvalue weighted by Gasteiger charge is 2.22. The van der Waals surface area contributed by atoms with Crippen LogP contribution in [0, 0.1) is 3.57 Å². The lowest BCUT2D eigenvalue weighted by molar-refractivity contribution is 0.699. The lowest BCUT2D eigenvalue weighted by Gasteiger charge is -2.29. The van der Waals surface area contributed by atoms with Crippen molar-refractivity contribution in [2.45, 2.75) is 17.9 Å². The fraction of sp³-hybridized carbons (Fsp3) is 0.235. The normalized spacial score (nSPS) is 14.0. The van der Waals surface area contributed by atoms with Crippen molar-refractivity contribution < 1.29 is 0 Å². The summed E-state index contributed by atoms with van der Waals surface area (Å²) in [5.41, 5.74) is 2.94. The first-order valence-electron chi connectivity index (χ1n) is 7.60. The standard InChI is InChI=1S/C17H15IN4OS/c1-24-10-2-3-14-11(6-10)17(21-9-20-14)22-5-4-15-12(8-22)16(23)13(18)7-19-15/h2-3,6-7,9H,4-5,8H2,1H3,(H,19,23). The number of fused-ring (bicyclic) bond motifs is 2. The number of hydrogen-bond donors (Lipinski definition) is 1. The average Bonchev–Trinajstić information content (AvgIpc) is 2.63. The van der Waals surface area contributed by atoms with Crippen LogP contribution < -0.4 is 10.3 Å². The first-order valence-corrected chi connectivity index (χ1v) is 9.90. The van der Waals surface area contributed by atoms with Gasteiger partial charge in [0.15, 0.2) is 5.43 Å². The molecule has 0 bridgehead atoms. The summed E-state index contributed by atoms with van der Waals surface area (Å²) >= 11 is 3.79. The zero-order valence-electron chi connectivity index (χ0n) is 13.0. The zero-order chi connectivity index (χ0) is 16.7. The van der Waals surface area contributed by atoms with Gasteiger partial charge in [-0.2, -0.15) is 0 Å². The smallest absolute Gasteiger partial charge is 0.200 e. The Hall–Kier alpha value is -1.61. The molecule has 0 saturated heterocycles. The maximum Gasteiger partial charge on any atom is 0.200 e. The van der Waals surface area contributed by atoms with Gasteiger partial charge in [-0.3, -0.25) is 4.79 Å². The third kappa shape index (κ3) is 2.69. The first-order chi connectivity index (χ1) is 11.7. The van der Waals surface area contributed by atoms with E-state index in [9.17, 15) is 4.79 Å². The summed E-state index contributed by atoms with van der Waals surface area (Å²) < 4.78 is 0.727. The molecular weight excluding hydrogens is 435 g/mol. The molecule has 0 radical (unpaired) electrons. The molecule has 0 aliphatic carbocycles. The number of anilines is 1. The molecule has 2 aromatic heterocycles. The van der Waals surface area contributed by atoms with Gasteiger partial charge in [0.05, 0.1) is 15.6 Å². The third-order valence-electron chi connectivity index (χ3n) is 4.33. The molecule has 1 aliphatic rings. The Morgan fingerprint density at radius 1 is 1.33 bits per heavy atom. The van der Waals surface area contributed by atoms with Crippen LogP contribution >= 0.6 is 34.4 Å². The van der Waals surface area contributed by atoms with Crippen molar-refractivity contribution in [3.63, 3.8) is 0 Å². The van der Waals surface area contributed by atoms with Crippen molar-refractivity contribution >= 4 is 51.1 Å². The molecule has 1 aliphatic heterocycles. The number of rotatable bonds is 2. The van der Waals surface area contributed by atoms with E-state index < -0.39 is 0 Å². The molecular formula is C17H15IN4OS. The van der Waals surface area contributed by atoms with Crippen molar-refractivity contribution in [1.29, 1.82) is 0 Å². The average molecular weight is 450 g/mol. The second-order valence-electron chi connectivity index (χ2n) is 5.67. The monoisotopic (exact) mass is 450 g/mol. The van der Waals surface area contributed by atoms with Crippen LogP contribution in [0.1, 0.15) is 11.3 Å². The molecule has 3 heterocycles. The van der Waals surface area contributed by atoms with Crippen molar-refractivity contribution in [1.82, 2.24) is 15.0 Å². The van der Waals surface area contributed by atoms with Crippen LogP contribution in [0.2, 0.25) is 0 Å². The number of nitrogens with one attached hydrogen (secondary N) is 1. The number of halogens is 1. The largest absolute Gasteiger partial charge is 0.363 e. The quantitative estimate of drug-likeness (QED) is 0.480. The van der Waals surface area contributed by atoms with Gasteiger partial charge in [0.25, 0.3) is 0 Å². The number of aromatic amines is 1. The van der Waals surface area contributed by atoms with E-state index in [0.717, 1.165) is 44.5 Å². The van der Waals surface area contributed by atoms with Crippen molar-refractivity contribution in [3.05, 3.63) is 55.8 Å². The third-order valence-corrected chi connectivity index (χ3v) is 5.86. The molecule has 0 spiro atoms. The van der Waals surface area contributed by atoms with E-state index in [1.807, 2.05) is 6.07 Å². The molecule has 0 amide bonds. The summed E-state index contributed by atoms with van der Waals surface area (Å²) in [5, 5.41) is 1.04. The fourth-order valence-corrected chi connectivity index (χ4v) is 3.99. The van der Waals surface area contributed by atoms with Gasteiger partial charge in [-0.1, -0.05) is 0 Å². The number of nitrogens with zero attached hydrogens (tertiary/aromatic N) is 3. The number of hydrogen-bond acceptors (Lipinski definition) is 5. The molecule has 5 nitrogen and oxygen atoms in total. The zero-order valence-corrected chi connectivity index (χ0v) is 16.0. The van der Waals surface area contributed by atoms with E-state index in [4.69, 9.17) is 0 Å². The SMILES string of the molecule is CSc1ccc2ncnc(N3CCc4[nH]cc(I)c(=O)c4C3)c2c1. The van der Waals surface area contributed by atoms with E-state index in [-0.39, 0.29) is 5.43 Å². The predicted molar refractivity (Wildman–Crippen MR) is 106 cm³/mol. The maximum atomic E-state index is 12.5. The predicted octanol–water partition coefficient (Wildman–Crippen LogP) is 3.21. The number of H-pyrrole nitrogens is 1. The minimum atomic E-state index is 0.122. The van der Waals surface area contributed by atoms with Crippen LogP contribution in [0.5, 0.6) is 0 Å². The summed E-state index contributed by atoms with van der Waals surface area (Å²) in [7, 11) is 0. The molecule has 0 atom stereocenters. The topological polar surface area (TPSA) is 61.9 Å². The van der Waals surface area contributed by atoms with E-state index >= 15 is 0 Å². The number of benzene rings is 1. The van der Waals surface area contributed by atoms with Gasteiger partial charge >= 0.3 is 0 Å². The van der Waals surface area contributed by atoms with Crippen LogP contribution in [0.4, 0.5) is 5.82 Å². The molecule has 4 rings (SSSR count). The summed E-state index contributed by atoms with van der Waals surface area (Å²) in [5.74, 6) is 0.903. The minimum absolute atomic E-state index is 0.122. The van der Waals surface area contributed by atoms with E-state index in [2.05, 4.69) is 60.8 Å². The molecule has 0 saturated carbocycles. The van der Waals surface area contributed by atoms with E-state index in [1.54, 1.807) is 24.3 Å². The summed E-state index contributed by atoms with van der Waals surface area (Å²) in [6, 6.07) is 6.23. The molecule has 7 heteroatoms. The van der Waals surface area contributed by atoms with E-state index in [0.29, 0.717) is 6.54 Å². The highest BCUT2D eigenvalue weighted by Crippen LogP contribution is 2.29. The Balaban J connectivity index is 1.81. The highest BCUT2D eigenvalue weighted by molar-refractivity contribution is 14.1. The second kappa shape index (κ2) is 6.36. The minimum Gasteiger partial charge on any atom is -0.363 e. The molecule has 3 aromatic rings. The van der Waals surface area contributed by atoms with Crippen LogP contribution in [0.25, 0.3) is 10.9 Å². The number of aromatic nitrogens is 3. The van der Waals surface area contributed by atoms with Crippen LogP contribution in [0.3, 0.4) is 0 Å². The molecule has 0 fully saturated rings. The van der Waals surface area contributed by atoms with Gasteiger partial charge in [-0.05, 0) is 47.0 Å². The Morgan fingerprint density at radius 3 is 3.04 bits per heavy atom. The lowest BCUT2D eigenvalue weighted by atomic mass is 10.0. The number of thioether (sulfide) groups is 1. The Morgan fingerprint density at radius 2 is 2.21 bits per heavy atom.